The first-order valence-corrected chi connectivity index (χ1v) is 6.35. The lowest BCUT2D eigenvalue weighted by atomic mass is 10.1. The summed E-state index contributed by atoms with van der Waals surface area (Å²) in [7, 11) is 0. The van der Waals surface area contributed by atoms with E-state index in [2.05, 4.69) is 5.92 Å². The standard InChI is InChI=1S/C15H18N2O/c1-2-3-4-5-9-14(18)17-11-10-12-7-6-8-13(16)15(12)17/h1,6-8H,3-5,9-11,16H2. The van der Waals surface area contributed by atoms with E-state index in [1.165, 1.54) is 5.56 Å². The van der Waals surface area contributed by atoms with Crippen molar-refractivity contribution < 1.29 is 4.79 Å². The Morgan fingerprint density at radius 1 is 1.44 bits per heavy atom. The Morgan fingerprint density at radius 2 is 2.28 bits per heavy atom. The molecule has 0 aromatic heterocycles. The van der Waals surface area contributed by atoms with Gasteiger partial charge in [-0.3, -0.25) is 4.79 Å². The van der Waals surface area contributed by atoms with Crippen LogP contribution in [0.2, 0.25) is 0 Å². The van der Waals surface area contributed by atoms with Gasteiger partial charge >= 0.3 is 0 Å². The van der Waals surface area contributed by atoms with E-state index in [0.29, 0.717) is 12.1 Å². The van der Waals surface area contributed by atoms with Gasteiger partial charge in [-0.2, -0.15) is 0 Å². The number of nitrogens with zero attached hydrogens (tertiary/aromatic N) is 1. The van der Waals surface area contributed by atoms with Crippen molar-refractivity contribution in [3.8, 4) is 12.3 Å². The molecule has 1 aromatic carbocycles. The molecule has 0 aliphatic carbocycles. The fourth-order valence-electron chi connectivity index (χ4n) is 2.37. The molecule has 0 bridgehead atoms. The van der Waals surface area contributed by atoms with Crippen LogP contribution in [0.25, 0.3) is 0 Å². The van der Waals surface area contributed by atoms with E-state index >= 15 is 0 Å². The maximum atomic E-state index is 12.1. The summed E-state index contributed by atoms with van der Waals surface area (Å²) in [5, 5.41) is 0. The highest BCUT2D eigenvalue weighted by molar-refractivity contribution is 5.98. The molecule has 0 saturated heterocycles. The molecule has 1 aromatic rings. The number of anilines is 2. The van der Waals surface area contributed by atoms with Gasteiger partial charge in [-0.25, -0.2) is 0 Å². The SMILES string of the molecule is C#CCCCCC(=O)N1CCc2cccc(N)c21. The van der Waals surface area contributed by atoms with Gasteiger partial charge in [0.1, 0.15) is 0 Å². The van der Waals surface area contributed by atoms with Gasteiger partial charge in [0, 0.05) is 19.4 Å². The molecule has 3 heteroatoms. The predicted octanol–water partition coefficient (Wildman–Crippen LogP) is 2.35. The summed E-state index contributed by atoms with van der Waals surface area (Å²) < 4.78 is 0. The van der Waals surface area contributed by atoms with E-state index in [9.17, 15) is 4.79 Å². The molecule has 18 heavy (non-hydrogen) atoms. The van der Waals surface area contributed by atoms with Gasteiger partial charge in [-0.15, -0.1) is 12.3 Å². The lowest BCUT2D eigenvalue weighted by molar-refractivity contribution is -0.118. The average molecular weight is 242 g/mol. The first kappa shape index (κ1) is 12.5. The minimum Gasteiger partial charge on any atom is -0.397 e. The van der Waals surface area contributed by atoms with Gasteiger partial charge in [0.25, 0.3) is 0 Å². The zero-order chi connectivity index (χ0) is 13.0. The lowest BCUT2D eigenvalue weighted by Gasteiger charge is -2.18. The number of carbonyl (C=O) groups excluding carboxylic acids is 1. The van der Waals surface area contributed by atoms with Gasteiger partial charge in [-0.1, -0.05) is 12.1 Å². The predicted molar refractivity (Wildman–Crippen MR) is 74.2 cm³/mol. The van der Waals surface area contributed by atoms with E-state index in [1.54, 1.807) is 0 Å². The molecule has 2 rings (SSSR count). The quantitative estimate of drug-likeness (QED) is 0.500. The number of hydrogen-bond donors (Lipinski definition) is 1. The molecule has 1 aliphatic rings. The molecule has 0 unspecified atom stereocenters. The number of para-hydroxylation sites is 1. The molecule has 2 N–H and O–H groups in total. The van der Waals surface area contributed by atoms with Crippen molar-refractivity contribution in [2.75, 3.05) is 17.2 Å². The van der Waals surface area contributed by atoms with E-state index in [-0.39, 0.29) is 5.91 Å². The molecule has 1 aliphatic heterocycles. The minimum absolute atomic E-state index is 0.156. The van der Waals surface area contributed by atoms with Crippen LogP contribution in [0.15, 0.2) is 18.2 Å². The molecule has 0 saturated carbocycles. The second-order valence-electron chi connectivity index (χ2n) is 4.56. The first-order valence-electron chi connectivity index (χ1n) is 6.35. The highest BCUT2D eigenvalue weighted by Gasteiger charge is 2.25. The molecule has 0 spiro atoms. The van der Waals surface area contributed by atoms with Gasteiger partial charge in [0.2, 0.25) is 5.91 Å². The number of unbranched alkanes of at least 4 members (excludes halogenated alkanes) is 2. The summed E-state index contributed by atoms with van der Waals surface area (Å²) in [5.74, 6) is 2.75. The summed E-state index contributed by atoms with van der Waals surface area (Å²) in [4.78, 5) is 14.0. The topological polar surface area (TPSA) is 46.3 Å². The van der Waals surface area contributed by atoms with E-state index in [4.69, 9.17) is 12.2 Å². The lowest BCUT2D eigenvalue weighted by Crippen LogP contribution is -2.29. The van der Waals surface area contributed by atoms with Crippen LogP contribution in [0.1, 0.15) is 31.2 Å². The van der Waals surface area contributed by atoms with Crippen molar-refractivity contribution in [1.82, 2.24) is 0 Å². The fraction of sp³-hybridized carbons (Fsp3) is 0.400. The highest BCUT2D eigenvalue weighted by atomic mass is 16.2. The Balaban J connectivity index is 2.00. The van der Waals surface area contributed by atoms with Crippen LogP contribution >= 0.6 is 0 Å². The second kappa shape index (κ2) is 5.59. The van der Waals surface area contributed by atoms with Crippen LogP contribution in [-0.4, -0.2) is 12.5 Å². The number of carbonyl (C=O) groups is 1. The van der Waals surface area contributed by atoms with Crippen LogP contribution in [0.4, 0.5) is 11.4 Å². The number of nitrogens with two attached hydrogens (primary N) is 1. The third kappa shape index (κ3) is 2.48. The van der Waals surface area contributed by atoms with Crippen molar-refractivity contribution in [2.45, 2.75) is 32.1 Å². The van der Waals surface area contributed by atoms with Gasteiger partial charge < -0.3 is 10.6 Å². The molecule has 0 atom stereocenters. The van der Waals surface area contributed by atoms with Crippen LogP contribution in [0.3, 0.4) is 0 Å². The largest absolute Gasteiger partial charge is 0.397 e. The Kier molecular flexibility index (Phi) is 3.88. The molecule has 1 heterocycles. The van der Waals surface area contributed by atoms with Crippen molar-refractivity contribution in [3.05, 3.63) is 23.8 Å². The zero-order valence-corrected chi connectivity index (χ0v) is 10.5. The van der Waals surface area contributed by atoms with E-state index < -0.39 is 0 Å². The number of fused-ring (bicyclic) bond motifs is 1. The Morgan fingerprint density at radius 3 is 3.06 bits per heavy atom. The molecule has 3 nitrogen and oxygen atoms in total. The molecular formula is C15H18N2O. The Bertz CT molecular complexity index is 488. The number of rotatable bonds is 4. The van der Waals surface area contributed by atoms with Gasteiger partial charge in [0.15, 0.2) is 0 Å². The summed E-state index contributed by atoms with van der Waals surface area (Å²) in [6.07, 6.45) is 9.14. The van der Waals surface area contributed by atoms with Crippen molar-refractivity contribution in [1.29, 1.82) is 0 Å². The Hall–Kier alpha value is -1.95. The van der Waals surface area contributed by atoms with Crippen molar-refractivity contribution in [3.63, 3.8) is 0 Å². The highest BCUT2D eigenvalue weighted by Crippen LogP contribution is 2.34. The monoisotopic (exact) mass is 242 g/mol. The number of hydrogen-bond acceptors (Lipinski definition) is 2. The average Bonchev–Trinajstić information content (AvgIpc) is 2.80. The van der Waals surface area contributed by atoms with E-state index in [0.717, 1.165) is 37.9 Å². The third-order valence-corrected chi connectivity index (χ3v) is 3.29. The number of amides is 1. The molecule has 1 amide bonds. The Labute approximate surface area is 108 Å². The molecule has 94 valence electrons. The zero-order valence-electron chi connectivity index (χ0n) is 10.5. The van der Waals surface area contributed by atoms with Gasteiger partial charge in [-0.05, 0) is 30.9 Å². The van der Waals surface area contributed by atoms with E-state index in [1.807, 2.05) is 23.1 Å². The summed E-state index contributed by atoms with van der Waals surface area (Å²) in [6.45, 7) is 0.748. The molecule has 0 radical (unpaired) electrons. The summed E-state index contributed by atoms with van der Waals surface area (Å²) in [5.41, 5.74) is 8.74. The van der Waals surface area contributed by atoms with Crippen LogP contribution < -0.4 is 10.6 Å². The normalized spacial score (nSPS) is 13.2. The minimum atomic E-state index is 0.156. The number of nitrogen functional groups attached to an aromatic ring is 1. The summed E-state index contributed by atoms with van der Waals surface area (Å²) in [6, 6.07) is 5.83. The molecule has 0 fully saturated rings. The third-order valence-electron chi connectivity index (χ3n) is 3.29. The number of terminal acetylenes is 1. The summed E-state index contributed by atoms with van der Waals surface area (Å²) >= 11 is 0. The first-order chi connectivity index (χ1) is 8.74. The maximum Gasteiger partial charge on any atom is 0.227 e. The van der Waals surface area contributed by atoms with Crippen LogP contribution in [0.5, 0.6) is 0 Å². The second-order valence-corrected chi connectivity index (χ2v) is 4.56. The van der Waals surface area contributed by atoms with Crippen LogP contribution in [-0.2, 0) is 11.2 Å². The fourth-order valence-corrected chi connectivity index (χ4v) is 2.37. The maximum absolute atomic E-state index is 12.1. The smallest absolute Gasteiger partial charge is 0.227 e. The van der Waals surface area contributed by atoms with Crippen molar-refractivity contribution >= 4 is 17.3 Å². The van der Waals surface area contributed by atoms with Gasteiger partial charge in [0.05, 0.1) is 11.4 Å². The number of benzene rings is 1. The van der Waals surface area contributed by atoms with Crippen LogP contribution in [0, 0.1) is 12.3 Å². The van der Waals surface area contributed by atoms with Crippen molar-refractivity contribution in [2.24, 2.45) is 0 Å². The molecular weight excluding hydrogens is 224 g/mol.